The maximum Gasteiger partial charge on any atom is 0.284 e. The number of amides is 1. The van der Waals surface area contributed by atoms with E-state index >= 15 is 0 Å². The number of nitrogens with zero attached hydrogens (tertiary/aromatic N) is 1. The summed E-state index contributed by atoms with van der Waals surface area (Å²) in [6.07, 6.45) is 1.81. The van der Waals surface area contributed by atoms with Gasteiger partial charge in [0.25, 0.3) is 5.69 Å². The number of thioether (sulfide) groups is 1. The van der Waals surface area contributed by atoms with Gasteiger partial charge in [-0.1, -0.05) is 0 Å². The molecule has 2 rings (SSSR count). The summed E-state index contributed by atoms with van der Waals surface area (Å²) in [7, 11) is -4.42. The molecule has 2 atom stereocenters. The molecule has 1 aliphatic rings. The molecule has 132 valence electrons. The Morgan fingerprint density at radius 3 is 2.75 bits per heavy atom. The summed E-state index contributed by atoms with van der Waals surface area (Å²) < 4.78 is 34.1. The van der Waals surface area contributed by atoms with Gasteiger partial charge in [0.15, 0.2) is 9.84 Å². The van der Waals surface area contributed by atoms with Gasteiger partial charge in [0.2, 0.25) is 5.91 Å². The number of nitro groups is 1. The van der Waals surface area contributed by atoms with Crippen LogP contribution in [0.25, 0.3) is 0 Å². The molecule has 0 bridgehead atoms. The van der Waals surface area contributed by atoms with Crippen molar-refractivity contribution in [3.63, 3.8) is 0 Å². The van der Waals surface area contributed by atoms with Crippen LogP contribution in [0.5, 0.6) is 0 Å². The van der Waals surface area contributed by atoms with Crippen LogP contribution >= 0.6 is 11.8 Å². The predicted octanol–water partition coefficient (Wildman–Crippen LogP) is 0.728. The zero-order valence-electron chi connectivity index (χ0n) is 12.8. The van der Waals surface area contributed by atoms with Crippen molar-refractivity contribution in [3.05, 3.63) is 28.3 Å². The highest BCUT2D eigenvalue weighted by atomic mass is 32.2. The fourth-order valence-corrected chi connectivity index (χ4v) is 5.29. The number of carbonyl (C=O) groups is 1. The minimum absolute atomic E-state index is 0.0617. The molecule has 24 heavy (non-hydrogen) atoms. The van der Waals surface area contributed by atoms with Crippen molar-refractivity contribution in [2.45, 2.75) is 22.3 Å². The molecule has 1 aromatic carbocycles. The van der Waals surface area contributed by atoms with Gasteiger partial charge in [-0.15, -0.1) is 11.8 Å². The number of nitro benzene ring substituents is 1. The molecule has 0 unspecified atom stereocenters. The fourth-order valence-electron chi connectivity index (χ4n) is 2.26. The van der Waals surface area contributed by atoms with Crippen molar-refractivity contribution >= 4 is 44.0 Å². The molecule has 0 aromatic heterocycles. The van der Waals surface area contributed by atoms with E-state index in [-0.39, 0.29) is 28.9 Å². The van der Waals surface area contributed by atoms with Crippen LogP contribution < -0.4 is 5.32 Å². The molecule has 8 nitrogen and oxygen atoms in total. The first-order chi connectivity index (χ1) is 11.2. The van der Waals surface area contributed by atoms with E-state index in [1.54, 1.807) is 0 Å². The minimum atomic E-state index is -3.08. The van der Waals surface area contributed by atoms with E-state index in [9.17, 15) is 27.5 Å². The summed E-state index contributed by atoms with van der Waals surface area (Å²) in [5.41, 5.74) is -0.205. The fraction of sp³-hybridized carbons (Fsp3) is 0.462. The second-order valence-corrected chi connectivity index (χ2v) is 9.92. The van der Waals surface area contributed by atoms with E-state index in [0.717, 1.165) is 11.8 Å². The van der Waals surface area contributed by atoms with Gasteiger partial charge in [-0.3, -0.25) is 19.1 Å². The number of hydrogen-bond donors (Lipinski definition) is 1. The summed E-state index contributed by atoms with van der Waals surface area (Å²) in [5, 5.41) is 13.7. The van der Waals surface area contributed by atoms with Crippen LogP contribution in [0.3, 0.4) is 0 Å². The lowest BCUT2D eigenvalue weighted by Gasteiger charge is -2.10. The minimum Gasteiger partial charge on any atom is -0.352 e. The van der Waals surface area contributed by atoms with Crippen molar-refractivity contribution in [1.82, 2.24) is 5.32 Å². The van der Waals surface area contributed by atoms with E-state index in [2.05, 4.69) is 5.32 Å². The van der Waals surface area contributed by atoms with Crippen molar-refractivity contribution in [3.8, 4) is 0 Å². The van der Waals surface area contributed by atoms with E-state index in [1.807, 2.05) is 0 Å². The third-order valence-electron chi connectivity index (χ3n) is 3.42. The SMILES string of the molecule is C[S@@](=O)c1ccc(SCC(=O)N[C@H]2CCS(=O)(=O)C2)c([N+](=O)[O-])c1. The number of carbonyl (C=O) groups excluding carboxylic acids is 1. The lowest BCUT2D eigenvalue weighted by molar-refractivity contribution is -0.387. The Balaban J connectivity index is 1.99. The molecular formula is C13H16N2O6S3. The van der Waals surface area contributed by atoms with Gasteiger partial charge in [0.05, 0.1) is 37.9 Å². The summed E-state index contributed by atoms with van der Waals surface area (Å²) >= 11 is 0.985. The van der Waals surface area contributed by atoms with Gasteiger partial charge in [-0.25, -0.2) is 8.42 Å². The van der Waals surface area contributed by atoms with Gasteiger partial charge in [0, 0.05) is 23.3 Å². The van der Waals surface area contributed by atoms with E-state index in [0.29, 0.717) is 16.2 Å². The van der Waals surface area contributed by atoms with Crippen LogP contribution in [0.1, 0.15) is 6.42 Å². The molecule has 0 saturated carbocycles. The number of sulfone groups is 1. The van der Waals surface area contributed by atoms with Crippen molar-refractivity contribution in [2.24, 2.45) is 0 Å². The van der Waals surface area contributed by atoms with Crippen LogP contribution in [0.15, 0.2) is 28.0 Å². The van der Waals surface area contributed by atoms with Crippen LogP contribution in [0, 0.1) is 10.1 Å². The number of rotatable bonds is 6. The normalized spacial score (nSPS) is 20.5. The molecule has 1 aromatic rings. The monoisotopic (exact) mass is 392 g/mol. The maximum atomic E-state index is 11.9. The summed E-state index contributed by atoms with van der Waals surface area (Å²) in [6, 6.07) is 3.82. The highest BCUT2D eigenvalue weighted by Gasteiger charge is 2.29. The number of benzene rings is 1. The number of hydrogen-bond acceptors (Lipinski definition) is 7. The topological polar surface area (TPSA) is 123 Å². The molecule has 1 N–H and O–H groups in total. The van der Waals surface area contributed by atoms with Crippen LogP contribution in [-0.2, 0) is 25.4 Å². The highest BCUT2D eigenvalue weighted by molar-refractivity contribution is 8.00. The molecular weight excluding hydrogens is 376 g/mol. The van der Waals surface area contributed by atoms with Gasteiger partial charge in [-0.05, 0) is 18.6 Å². The summed E-state index contributed by atoms with van der Waals surface area (Å²) in [4.78, 5) is 23.1. The lowest BCUT2D eigenvalue weighted by atomic mass is 10.3. The third kappa shape index (κ3) is 5.02. The first kappa shape index (κ1) is 18.9. The molecule has 1 fully saturated rings. The summed E-state index contributed by atoms with van der Waals surface area (Å²) in [6.45, 7) is 0. The first-order valence-corrected chi connectivity index (χ1v) is 11.3. The third-order valence-corrected chi connectivity index (χ3v) is 7.16. The molecule has 1 heterocycles. The molecule has 1 amide bonds. The lowest BCUT2D eigenvalue weighted by Crippen LogP contribution is -2.36. The van der Waals surface area contributed by atoms with E-state index in [1.165, 1.54) is 24.5 Å². The highest BCUT2D eigenvalue weighted by Crippen LogP contribution is 2.30. The van der Waals surface area contributed by atoms with Crippen molar-refractivity contribution in [1.29, 1.82) is 0 Å². The largest absolute Gasteiger partial charge is 0.352 e. The van der Waals surface area contributed by atoms with Crippen LogP contribution in [0.4, 0.5) is 5.69 Å². The Morgan fingerprint density at radius 1 is 1.50 bits per heavy atom. The molecule has 11 heteroatoms. The van der Waals surface area contributed by atoms with Gasteiger partial charge in [-0.2, -0.15) is 0 Å². The standard InChI is InChI=1S/C13H16N2O6S3/c1-23(19)10-2-3-12(11(6-10)15(17)18)22-7-13(16)14-9-4-5-24(20,21)8-9/h2-3,6,9H,4-5,7-8H2,1H3,(H,14,16)/t9-,23+/m0/s1. The second kappa shape index (κ2) is 7.62. The Labute approximate surface area is 145 Å². The Bertz CT molecular complexity index is 793. The zero-order valence-corrected chi connectivity index (χ0v) is 15.2. The van der Waals surface area contributed by atoms with Gasteiger partial charge < -0.3 is 5.32 Å². The number of nitrogens with one attached hydrogen (secondary N) is 1. The van der Waals surface area contributed by atoms with E-state index < -0.39 is 31.6 Å². The first-order valence-electron chi connectivity index (χ1n) is 6.92. The Morgan fingerprint density at radius 2 is 2.21 bits per heavy atom. The average Bonchev–Trinajstić information content (AvgIpc) is 2.83. The Kier molecular flexibility index (Phi) is 5.99. The smallest absolute Gasteiger partial charge is 0.284 e. The van der Waals surface area contributed by atoms with Crippen LogP contribution in [0.2, 0.25) is 0 Å². The molecule has 0 aliphatic carbocycles. The maximum absolute atomic E-state index is 11.9. The molecule has 0 spiro atoms. The molecule has 1 aliphatic heterocycles. The quantitative estimate of drug-likeness (QED) is 0.430. The van der Waals surface area contributed by atoms with E-state index in [4.69, 9.17) is 0 Å². The summed E-state index contributed by atoms with van der Waals surface area (Å²) in [5.74, 6) is -0.446. The van der Waals surface area contributed by atoms with Crippen molar-refractivity contribution < 1.29 is 22.3 Å². The van der Waals surface area contributed by atoms with Crippen LogP contribution in [-0.4, -0.2) is 53.0 Å². The van der Waals surface area contributed by atoms with Crippen molar-refractivity contribution in [2.75, 3.05) is 23.5 Å². The second-order valence-electron chi connectivity index (χ2n) is 5.30. The predicted molar refractivity (Wildman–Crippen MR) is 91.4 cm³/mol. The molecule has 0 radical (unpaired) electrons. The van der Waals surface area contributed by atoms with Gasteiger partial charge >= 0.3 is 0 Å². The zero-order chi connectivity index (χ0) is 17.9. The average molecular weight is 392 g/mol. The van der Waals surface area contributed by atoms with Gasteiger partial charge in [0.1, 0.15) is 0 Å². The molecule has 1 saturated heterocycles. The Hall–Kier alpha value is -1.46.